The molecule has 1 aliphatic carbocycles. The van der Waals surface area contributed by atoms with E-state index in [9.17, 15) is 0 Å². The molecule has 20 heavy (non-hydrogen) atoms. The van der Waals surface area contributed by atoms with Gasteiger partial charge in [0.25, 0.3) is 0 Å². The molecule has 3 unspecified atom stereocenters. The maximum atomic E-state index is 6.14. The summed E-state index contributed by atoms with van der Waals surface area (Å²) >= 11 is 0. The van der Waals surface area contributed by atoms with Crippen LogP contribution < -0.4 is 10.1 Å². The van der Waals surface area contributed by atoms with Gasteiger partial charge in [0.05, 0.1) is 0 Å². The Hall–Kier alpha value is -1.06. The maximum absolute atomic E-state index is 6.14. The highest BCUT2D eigenvalue weighted by molar-refractivity contribution is 5.32. The van der Waals surface area contributed by atoms with E-state index in [1.54, 1.807) is 0 Å². The summed E-state index contributed by atoms with van der Waals surface area (Å²) in [6.45, 7) is 8.28. The Kier molecular flexibility index (Phi) is 5.86. The van der Waals surface area contributed by atoms with E-state index in [4.69, 9.17) is 9.47 Å². The van der Waals surface area contributed by atoms with Gasteiger partial charge in [-0.05, 0) is 37.9 Å². The summed E-state index contributed by atoms with van der Waals surface area (Å²) in [5, 5.41) is 3.55. The zero-order valence-electron chi connectivity index (χ0n) is 12.9. The molecule has 1 N–H and O–H groups in total. The van der Waals surface area contributed by atoms with Crippen LogP contribution in [0, 0.1) is 6.92 Å². The number of hydrogen-bond donors (Lipinski definition) is 1. The average Bonchev–Trinajstić information content (AvgIpc) is 2.44. The van der Waals surface area contributed by atoms with Gasteiger partial charge in [-0.25, -0.2) is 0 Å². The predicted octanol–water partition coefficient (Wildman–Crippen LogP) is 3.31. The molecule has 2 rings (SSSR count). The highest BCUT2D eigenvalue weighted by Crippen LogP contribution is 2.30. The van der Waals surface area contributed by atoms with Crippen molar-refractivity contribution >= 4 is 0 Å². The zero-order chi connectivity index (χ0) is 14.4. The number of ether oxygens (including phenoxy) is 2. The van der Waals surface area contributed by atoms with Crippen molar-refractivity contribution in [1.82, 2.24) is 5.32 Å². The fourth-order valence-corrected chi connectivity index (χ4v) is 2.56. The molecule has 0 radical (unpaired) electrons. The fourth-order valence-electron chi connectivity index (χ4n) is 2.56. The van der Waals surface area contributed by atoms with Crippen molar-refractivity contribution in [3.8, 4) is 5.75 Å². The molecule has 0 saturated heterocycles. The smallest absolute Gasteiger partial charge is 0.128 e. The molecule has 3 nitrogen and oxygen atoms in total. The summed E-state index contributed by atoms with van der Waals surface area (Å²) in [5.74, 6) is 0.983. The van der Waals surface area contributed by atoms with Crippen LogP contribution in [0.3, 0.4) is 0 Å². The quantitative estimate of drug-likeness (QED) is 0.791. The molecule has 0 spiro atoms. The number of para-hydroxylation sites is 1. The van der Waals surface area contributed by atoms with Crippen molar-refractivity contribution in [1.29, 1.82) is 0 Å². The Morgan fingerprint density at radius 2 is 2.00 bits per heavy atom. The Morgan fingerprint density at radius 1 is 1.20 bits per heavy atom. The van der Waals surface area contributed by atoms with Gasteiger partial charge >= 0.3 is 0 Å². The Balaban J connectivity index is 1.92. The van der Waals surface area contributed by atoms with Gasteiger partial charge in [0.2, 0.25) is 0 Å². The van der Waals surface area contributed by atoms with Crippen LogP contribution in [0.25, 0.3) is 0 Å². The van der Waals surface area contributed by atoms with Crippen molar-refractivity contribution < 1.29 is 9.47 Å². The minimum Gasteiger partial charge on any atom is -0.487 e. The largest absolute Gasteiger partial charge is 0.487 e. The highest BCUT2D eigenvalue weighted by Gasteiger charge is 2.43. The van der Waals surface area contributed by atoms with Gasteiger partial charge in [0.15, 0.2) is 0 Å². The summed E-state index contributed by atoms with van der Waals surface area (Å²) in [4.78, 5) is 0. The lowest BCUT2D eigenvalue weighted by atomic mass is 9.85. The molecule has 3 atom stereocenters. The minimum atomic E-state index is 0.178. The third-order valence-corrected chi connectivity index (χ3v) is 3.79. The third kappa shape index (κ3) is 3.74. The molecular weight excluding hydrogens is 250 g/mol. The molecular formula is C17H27NO2. The summed E-state index contributed by atoms with van der Waals surface area (Å²) in [5.41, 5.74) is 1.19. The first kappa shape index (κ1) is 15.3. The molecule has 0 amide bonds. The SMILES string of the molecule is CCCNC1CC(Oc2ccccc2C)C1OCCC. The molecule has 112 valence electrons. The Morgan fingerprint density at radius 3 is 2.70 bits per heavy atom. The van der Waals surface area contributed by atoms with E-state index in [2.05, 4.69) is 32.2 Å². The van der Waals surface area contributed by atoms with E-state index >= 15 is 0 Å². The molecule has 0 bridgehead atoms. The van der Waals surface area contributed by atoms with Gasteiger partial charge < -0.3 is 14.8 Å². The van der Waals surface area contributed by atoms with Crippen molar-refractivity contribution in [2.75, 3.05) is 13.2 Å². The van der Waals surface area contributed by atoms with Crippen LogP contribution >= 0.6 is 0 Å². The zero-order valence-corrected chi connectivity index (χ0v) is 12.9. The van der Waals surface area contributed by atoms with Gasteiger partial charge in [-0.15, -0.1) is 0 Å². The lowest BCUT2D eigenvalue weighted by Gasteiger charge is -2.44. The number of rotatable bonds is 8. The van der Waals surface area contributed by atoms with Gasteiger partial charge in [0.1, 0.15) is 18.0 Å². The van der Waals surface area contributed by atoms with Crippen LogP contribution in [-0.2, 0) is 4.74 Å². The van der Waals surface area contributed by atoms with E-state index in [0.29, 0.717) is 6.04 Å². The molecule has 1 aromatic rings. The molecule has 0 aromatic heterocycles. The van der Waals surface area contributed by atoms with Gasteiger partial charge in [-0.2, -0.15) is 0 Å². The molecule has 1 aliphatic rings. The highest BCUT2D eigenvalue weighted by atomic mass is 16.5. The Labute approximate surface area is 122 Å². The normalized spacial score (nSPS) is 25.2. The molecule has 1 aromatic carbocycles. The second kappa shape index (κ2) is 7.65. The molecule has 0 heterocycles. The number of benzene rings is 1. The molecule has 1 fully saturated rings. The second-order valence-electron chi connectivity index (χ2n) is 5.55. The summed E-state index contributed by atoms with van der Waals surface area (Å²) < 4.78 is 12.1. The van der Waals surface area contributed by atoms with Crippen molar-refractivity contribution in [2.45, 2.75) is 58.3 Å². The second-order valence-corrected chi connectivity index (χ2v) is 5.55. The van der Waals surface area contributed by atoms with Crippen LogP contribution in [0.1, 0.15) is 38.7 Å². The lowest BCUT2D eigenvalue weighted by molar-refractivity contribution is -0.108. The summed E-state index contributed by atoms with van der Waals surface area (Å²) in [7, 11) is 0. The minimum absolute atomic E-state index is 0.178. The Bertz CT molecular complexity index is 408. The first-order chi connectivity index (χ1) is 9.76. The first-order valence-corrected chi connectivity index (χ1v) is 7.83. The lowest BCUT2D eigenvalue weighted by Crippen LogP contribution is -2.61. The van der Waals surface area contributed by atoms with Crippen LogP contribution in [0.4, 0.5) is 0 Å². The maximum Gasteiger partial charge on any atom is 0.128 e. The van der Waals surface area contributed by atoms with Gasteiger partial charge in [0, 0.05) is 19.1 Å². The van der Waals surface area contributed by atoms with Crippen LogP contribution in [-0.4, -0.2) is 31.4 Å². The van der Waals surface area contributed by atoms with Gasteiger partial charge in [-0.3, -0.25) is 0 Å². The topological polar surface area (TPSA) is 30.5 Å². The monoisotopic (exact) mass is 277 g/mol. The molecule has 1 saturated carbocycles. The molecule has 3 heteroatoms. The van der Waals surface area contributed by atoms with Crippen LogP contribution in [0.2, 0.25) is 0 Å². The summed E-state index contributed by atoms with van der Waals surface area (Å²) in [6, 6.07) is 8.63. The van der Waals surface area contributed by atoms with Crippen LogP contribution in [0.5, 0.6) is 5.75 Å². The number of aryl methyl sites for hydroxylation is 1. The number of nitrogens with one attached hydrogen (secondary N) is 1. The average molecular weight is 277 g/mol. The van der Waals surface area contributed by atoms with Gasteiger partial charge in [-0.1, -0.05) is 32.0 Å². The van der Waals surface area contributed by atoms with Crippen molar-refractivity contribution in [3.63, 3.8) is 0 Å². The standard InChI is InChI=1S/C17H27NO2/c1-4-10-18-14-12-16(17(14)19-11-5-2)20-15-9-7-6-8-13(15)3/h6-9,14,16-18H,4-5,10-12H2,1-3H3. The third-order valence-electron chi connectivity index (χ3n) is 3.79. The van der Waals surface area contributed by atoms with E-state index in [1.807, 2.05) is 18.2 Å². The fraction of sp³-hybridized carbons (Fsp3) is 0.647. The molecule has 0 aliphatic heterocycles. The van der Waals surface area contributed by atoms with E-state index in [-0.39, 0.29) is 12.2 Å². The van der Waals surface area contributed by atoms with E-state index in [0.717, 1.165) is 38.2 Å². The van der Waals surface area contributed by atoms with Crippen LogP contribution in [0.15, 0.2) is 24.3 Å². The summed E-state index contributed by atoms with van der Waals surface area (Å²) in [6.07, 6.45) is 3.59. The van der Waals surface area contributed by atoms with E-state index in [1.165, 1.54) is 5.56 Å². The van der Waals surface area contributed by atoms with E-state index < -0.39 is 0 Å². The number of hydrogen-bond acceptors (Lipinski definition) is 3. The van der Waals surface area contributed by atoms with Crippen molar-refractivity contribution in [2.24, 2.45) is 0 Å². The predicted molar refractivity (Wildman–Crippen MR) is 82.3 cm³/mol. The van der Waals surface area contributed by atoms with Crippen molar-refractivity contribution in [3.05, 3.63) is 29.8 Å². The first-order valence-electron chi connectivity index (χ1n) is 7.83.